The molecule has 2 aromatic rings. The van der Waals surface area contributed by atoms with Gasteiger partial charge in [0.05, 0.1) is 27.5 Å². The molecule has 4 rings (SSSR count). The van der Waals surface area contributed by atoms with Crippen LogP contribution in [0, 0.1) is 0 Å². The molecular weight excluding hydrogens is 488 g/mol. The Kier molecular flexibility index (Phi) is 6.17. The Bertz CT molecular complexity index is 1110. The molecule has 0 unspecified atom stereocenters. The van der Waals surface area contributed by atoms with Crippen LogP contribution in [-0.2, 0) is 17.2 Å². The van der Waals surface area contributed by atoms with Crippen molar-refractivity contribution < 1.29 is 36.0 Å². The number of urea groups is 1. The van der Waals surface area contributed by atoms with E-state index in [1.165, 1.54) is 17.0 Å². The van der Waals surface area contributed by atoms with E-state index in [1.807, 2.05) is 0 Å². The maximum Gasteiger partial charge on any atom is 0.416 e. The van der Waals surface area contributed by atoms with Crippen molar-refractivity contribution in [3.8, 4) is 0 Å². The summed E-state index contributed by atoms with van der Waals surface area (Å²) in [6, 6.07) is 6.71. The summed E-state index contributed by atoms with van der Waals surface area (Å²) in [4.78, 5) is 19.7. The van der Waals surface area contributed by atoms with Gasteiger partial charge in [-0.1, -0.05) is 28.9 Å². The van der Waals surface area contributed by atoms with Crippen LogP contribution in [0.15, 0.2) is 47.6 Å². The number of alkyl halides is 6. The van der Waals surface area contributed by atoms with E-state index < -0.39 is 35.1 Å². The largest absolute Gasteiger partial charge is 0.416 e. The summed E-state index contributed by atoms with van der Waals surface area (Å²) >= 11 is 5.94. The number of benzene rings is 2. The Morgan fingerprint density at radius 3 is 2.15 bits per heavy atom. The van der Waals surface area contributed by atoms with Gasteiger partial charge in [-0.05, 0) is 35.9 Å². The highest BCUT2D eigenvalue weighted by Gasteiger charge is 2.43. The van der Waals surface area contributed by atoms with Crippen molar-refractivity contribution in [2.75, 3.05) is 18.4 Å². The van der Waals surface area contributed by atoms with E-state index in [-0.39, 0.29) is 23.8 Å². The third-order valence-corrected chi connectivity index (χ3v) is 6.21. The second-order valence-corrected chi connectivity index (χ2v) is 8.58. The molecule has 0 bridgehead atoms. The Morgan fingerprint density at radius 1 is 0.971 bits per heavy atom. The van der Waals surface area contributed by atoms with Gasteiger partial charge < -0.3 is 15.1 Å². The van der Waals surface area contributed by atoms with Crippen LogP contribution in [-0.4, -0.2) is 35.3 Å². The van der Waals surface area contributed by atoms with Crippen molar-refractivity contribution in [3.05, 3.63) is 64.2 Å². The minimum atomic E-state index is -4.58. The van der Waals surface area contributed by atoms with E-state index in [4.69, 9.17) is 16.4 Å². The summed E-state index contributed by atoms with van der Waals surface area (Å²) in [5.74, 6) is 0. The second-order valence-electron chi connectivity index (χ2n) is 8.17. The van der Waals surface area contributed by atoms with Crippen molar-refractivity contribution >= 4 is 29.0 Å². The molecule has 34 heavy (non-hydrogen) atoms. The first kappa shape index (κ1) is 24.2. The molecule has 12 heteroatoms. The van der Waals surface area contributed by atoms with Crippen molar-refractivity contribution in [1.29, 1.82) is 0 Å². The smallest absolute Gasteiger partial charge is 0.388 e. The van der Waals surface area contributed by atoms with Crippen molar-refractivity contribution in [1.82, 2.24) is 4.90 Å². The minimum Gasteiger partial charge on any atom is -0.388 e. The number of oxime groups is 1. The summed E-state index contributed by atoms with van der Waals surface area (Å²) in [6.07, 6.45) is -7.85. The first-order valence-electron chi connectivity index (χ1n) is 10.2. The number of amides is 2. The molecule has 0 aliphatic carbocycles. The number of hydrogen-bond donors (Lipinski definition) is 1. The predicted molar refractivity (Wildman–Crippen MR) is 113 cm³/mol. The first-order chi connectivity index (χ1) is 15.9. The number of piperidine rings is 1. The van der Waals surface area contributed by atoms with Gasteiger partial charge >= 0.3 is 18.4 Å². The molecule has 2 aliphatic rings. The van der Waals surface area contributed by atoms with E-state index in [1.54, 1.807) is 0 Å². The molecule has 182 valence electrons. The van der Waals surface area contributed by atoms with E-state index in [9.17, 15) is 31.1 Å². The van der Waals surface area contributed by atoms with Gasteiger partial charge in [0.1, 0.15) is 5.60 Å². The van der Waals surface area contributed by atoms with Gasteiger partial charge in [0.25, 0.3) is 0 Å². The normalized spacial score (nSPS) is 18.0. The Balaban J connectivity index is 1.35. The van der Waals surface area contributed by atoms with Crippen molar-refractivity contribution in [2.45, 2.75) is 37.2 Å². The van der Waals surface area contributed by atoms with Crippen molar-refractivity contribution in [3.63, 3.8) is 0 Å². The van der Waals surface area contributed by atoms with Crippen LogP contribution < -0.4 is 5.32 Å². The summed E-state index contributed by atoms with van der Waals surface area (Å²) in [7, 11) is 0. The van der Waals surface area contributed by atoms with Gasteiger partial charge in [0, 0.05) is 32.4 Å². The van der Waals surface area contributed by atoms with Gasteiger partial charge in [0.2, 0.25) is 0 Å². The van der Waals surface area contributed by atoms with Crippen LogP contribution in [0.25, 0.3) is 0 Å². The fourth-order valence-electron chi connectivity index (χ4n) is 3.91. The zero-order valence-corrected chi connectivity index (χ0v) is 18.2. The third kappa shape index (κ3) is 5.08. The Hall–Kier alpha value is -2.95. The lowest BCUT2D eigenvalue weighted by Gasteiger charge is -2.37. The lowest BCUT2D eigenvalue weighted by atomic mass is 9.85. The number of carbonyl (C=O) groups excluding carboxylic acids is 1. The molecule has 2 heterocycles. The minimum absolute atomic E-state index is 0.0245. The number of carbonyl (C=O) groups is 1. The number of hydrogen-bond acceptors (Lipinski definition) is 3. The van der Waals surface area contributed by atoms with Crippen LogP contribution in [0.5, 0.6) is 0 Å². The topological polar surface area (TPSA) is 53.9 Å². The number of likely N-dealkylation sites (tertiary alicyclic amines) is 1. The Morgan fingerprint density at radius 2 is 1.56 bits per heavy atom. The molecular formula is C22H18ClF6N3O2. The van der Waals surface area contributed by atoms with Crippen LogP contribution in [0.2, 0.25) is 5.02 Å². The SMILES string of the molecule is O=C(Nc1cc(C(F)(F)F)ccc1Cl)N1CCC2(CC1)CC(c1ccc(C(F)(F)F)cc1)=NO2. The van der Waals surface area contributed by atoms with Crippen LogP contribution in [0.4, 0.5) is 36.8 Å². The molecule has 5 nitrogen and oxygen atoms in total. The molecule has 0 aromatic heterocycles. The zero-order valence-electron chi connectivity index (χ0n) is 17.4. The van der Waals surface area contributed by atoms with Gasteiger partial charge in [0.15, 0.2) is 0 Å². The predicted octanol–water partition coefficient (Wildman–Crippen LogP) is 6.57. The molecule has 1 fully saturated rings. The number of rotatable bonds is 2. The van der Waals surface area contributed by atoms with Gasteiger partial charge in [-0.3, -0.25) is 0 Å². The summed E-state index contributed by atoms with van der Waals surface area (Å²) in [6.45, 7) is 0.496. The maximum absolute atomic E-state index is 12.9. The fourth-order valence-corrected chi connectivity index (χ4v) is 4.07. The zero-order chi connectivity index (χ0) is 24.7. The number of halogens is 7. The van der Waals surface area contributed by atoms with Gasteiger partial charge in [-0.2, -0.15) is 26.3 Å². The highest BCUT2D eigenvalue weighted by Crippen LogP contribution is 2.38. The number of nitrogens with zero attached hydrogens (tertiary/aromatic N) is 2. The van der Waals surface area contributed by atoms with E-state index in [2.05, 4.69) is 10.5 Å². The average Bonchev–Trinajstić information content (AvgIpc) is 3.18. The molecule has 1 spiro atoms. The molecule has 2 amide bonds. The number of anilines is 1. The second kappa shape index (κ2) is 8.68. The summed E-state index contributed by atoms with van der Waals surface area (Å²) < 4.78 is 77.1. The van der Waals surface area contributed by atoms with E-state index in [0.717, 1.165) is 30.3 Å². The highest BCUT2D eigenvalue weighted by atomic mass is 35.5. The molecule has 1 N–H and O–H groups in total. The Labute approximate surface area is 195 Å². The standard InChI is InChI=1S/C22H18ClF6N3O2/c23-16-6-5-15(22(27,28)29)11-17(16)30-19(33)32-9-7-20(8-10-32)12-18(31-34-20)13-1-3-14(4-2-13)21(24,25)26/h1-6,11H,7-10,12H2,(H,30,33). The lowest BCUT2D eigenvalue weighted by Crippen LogP contribution is -2.48. The number of nitrogens with one attached hydrogen (secondary N) is 1. The fraction of sp³-hybridized carbons (Fsp3) is 0.364. The van der Waals surface area contributed by atoms with E-state index in [0.29, 0.717) is 30.5 Å². The van der Waals surface area contributed by atoms with Gasteiger partial charge in [-0.15, -0.1) is 0 Å². The van der Waals surface area contributed by atoms with E-state index >= 15 is 0 Å². The van der Waals surface area contributed by atoms with Crippen LogP contribution >= 0.6 is 11.6 Å². The molecule has 1 saturated heterocycles. The van der Waals surface area contributed by atoms with Gasteiger partial charge in [-0.25, -0.2) is 4.79 Å². The summed E-state index contributed by atoms with van der Waals surface area (Å²) in [5.41, 5.74) is -1.50. The average molecular weight is 506 g/mol. The maximum atomic E-state index is 12.9. The van der Waals surface area contributed by atoms with Crippen LogP contribution in [0.1, 0.15) is 36.0 Å². The van der Waals surface area contributed by atoms with Crippen LogP contribution in [0.3, 0.4) is 0 Å². The monoisotopic (exact) mass is 505 g/mol. The molecule has 0 radical (unpaired) electrons. The molecule has 0 saturated carbocycles. The molecule has 0 atom stereocenters. The third-order valence-electron chi connectivity index (χ3n) is 5.88. The molecule has 2 aromatic carbocycles. The quantitative estimate of drug-likeness (QED) is 0.469. The highest BCUT2D eigenvalue weighted by molar-refractivity contribution is 6.33. The summed E-state index contributed by atoms with van der Waals surface area (Å²) in [5, 5.41) is 6.44. The molecule has 2 aliphatic heterocycles. The first-order valence-corrected chi connectivity index (χ1v) is 10.6. The lowest BCUT2D eigenvalue weighted by molar-refractivity contribution is -0.138. The van der Waals surface area contributed by atoms with Crippen molar-refractivity contribution in [2.24, 2.45) is 5.16 Å².